The monoisotopic (exact) mass is 319 g/mol. The summed E-state index contributed by atoms with van der Waals surface area (Å²) < 4.78 is 5.06. The number of nitrogens with zero attached hydrogens (tertiary/aromatic N) is 1. The maximum Gasteiger partial charge on any atom is 0.187 e. The van der Waals surface area contributed by atoms with Crippen molar-refractivity contribution in [1.29, 1.82) is 0 Å². The molecule has 0 aromatic heterocycles. The minimum absolute atomic E-state index is 0.112. The van der Waals surface area contributed by atoms with Gasteiger partial charge in [-0.05, 0) is 67.1 Å². The Morgan fingerprint density at radius 2 is 2.27 bits per heavy atom. The molecular weight excluding hydrogens is 298 g/mol. The van der Waals surface area contributed by atoms with Crippen molar-refractivity contribution in [3.05, 3.63) is 23.8 Å². The van der Waals surface area contributed by atoms with Crippen LogP contribution in [0.15, 0.2) is 23.3 Å². The van der Waals surface area contributed by atoms with Crippen LogP contribution in [0.4, 0.5) is 0 Å². The van der Waals surface area contributed by atoms with E-state index in [1.54, 1.807) is 24.4 Å². The van der Waals surface area contributed by atoms with Gasteiger partial charge in [0.15, 0.2) is 16.6 Å². The summed E-state index contributed by atoms with van der Waals surface area (Å²) in [4.78, 5) is 0. The van der Waals surface area contributed by atoms with Gasteiger partial charge in [0.05, 0.1) is 13.3 Å². The molecule has 3 rings (SSSR count). The Morgan fingerprint density at radius 3 is 2.95 bits per heavy atom. The molecule has 2 bridgehead atoms. The van der Waals surface area contributed by atoms with Crippen LogP contribution in [-0.2, 0) is 0 Å². The molecule has 3 atom stereocenters. The second-order valence-electron chi connectivity index (χ2n) is 6.06. The molecule has 2 saturated carbocycles. The molecule has 5 nitrogen and oxygen atoms in total. The van der Waals surface area contributed by atoms with Crippen molar-refractivity contribution in [2.24, 2.45) is 16.9 Å². The molecule has 118 valence electrons. The lowest BCUT2D eigenvalue weighted by Gasteiger charge is -2.23. The van der Waals surface area contributed by atoms with E-state index in [1.165, 1.54) is 32.8 Å². The molecule has 3 N–H and O–H groups in total. The molecule has 1 aromatic rings. The van der Waals surface area contributed by atoms with Crippen molar-refractivity contribution in [3.63, 3.8) is 0 Å². The molecule has 2 fully saturated rings. The van der Waals surface area contributed by atoms with Crippen LogP contribution in [0.1, 0.15) is 31.2 Å². The van der Waals surface area contributed by atoms with E-state index < -0.39 is 0 Å². The zero-order chi connectivity index (χ0) is 15.5. The van der Waals surface area contributed by atoms with Crippen LogP contribution in [0.2, 0.25) is 0 Å². The molecule has 0 unspecified atom stereocenters. The maximum atomic E-state index is 9.54. The van der Waals surface area contributed by atoms with Crippen LogP contribution in [0.5, 0.6) is 11.5 Å². The van der Waals surface area contributed by atoms with Gasteiger partial charge in [0.2, 0.25) is 0 Å². The van der Waals surface area contributed by atoms with E-state index >= 15 is 0 Å². The normalized spacial score (nSPS) is 26.3. The van der Waals surface area contributed by atoms with Crippen molar-refractivity contribution in [2.45, 2.75) is 31.7 Å². The lowest BCUT2D eigenvalue weighted by atomic mass is 9.96. The molecule has 22 heavy (non-hydrogen) atoms. The molecule has 6 heteroatoms. The Morgan fingerprint density at radius 1 is 1.41 bits per heavy atom. The number of phenols is 1. The molecule has 0 spiro atoms. The van der Waals surface area contributed by atoms with Crippen molar-refractivity contribution in [3.8, 4) is 11.5 Å². The highest BCUT2D eigenvalue weighted by molar-refractivity contribution is 7.80. The first-order valence-corrected chi connectivity index (χ1v) is 8.03. The van der Waals surface area contributed by atoms with Crippen LogP contribution in [0, 0.1) is 11.8 Å². The summed E-state index contributed by atoms with van der Waals surface area (Å²) in [7, 11) is 1.52. The van der Waals surface area contributed by atoms with E-state index in [0.29, 0.717) is 16.9 Å². The highest BCUT2D eigenvalue weighted by Crippen LogP contribution is 2.44. The highest BCUT2D eigenvalue weighted by atomic mass is 32.1. The number of fused-ring (bicyclic) bond motifs is 2. The van der Waals surface area contributed by atoms with Gasteiger partial charge < -0.3 is 15.2 Å². The van der Waals surface area contributed by atoms with Crippen LogP contribution in [0.3, 0.4) is 0 Å². The van der Waals surface area contributed by atoms with Gasteiger partial charge in [0.1, 0.15) is 0 Å². The van der Waals surface area contributed by atoms with Crippen molar-refractivity contribution >= 4 is 23.5 Å². The smallest absolute Gasteiger partial charge is 0.187 e. The van der Waals surface area contributed by atoms with Gasteiger partial charge in [-0.15, -0.1) is 0 Å². The lowest BCUT2D eigenvalue weighted by molar-refractivity contribution is 0.373. The maximum absolute atomic E-state index is 9.54. The molecule has 1 aromatic carbocycles. The van der Waals surface area contributed by atoms with E-state index in [4.69, 9.17) is 17.0 Å². The third kappa shape index (κ3) is 3.32. The number of methoxy groups -OCH3 is 1. The molecular formula is C16H21N3O2S. The zero-order valence-electron chi connectivity index (χ0n) is 12.6. The first kappa shape index (κ1) is 15.1. The van der Waals surface area contributed by atoms with Crippen LogP contribution in [-0.4, -0.2) is 29.6 Å². The van der Waals surface area contributed by atoms with Crippen LogP contribution >= 0.6 is 12.2 Å². The third-order valence-corrected chi connectivity index (χ3v) is 4.85. The fourth-order valence-electron chi connectivity index (χ4n) is 3.56. The SMILES string of the molecule is COc1cc(/C=N\NC(=S)N[C@@H]2C[C@H]3CC[C@H]2C3)ccc1O. The number of hydrogen-bond acceptors (Lipinski definition) is 4. The summed E-state index contributed by atoms with van der Waals surface area (Å²) in [6.07, 6.45) is 6.92. The number of thiocarbonyl (C=S) groups is 1. The van der Waals surface area contributed by atoms with E-state index in [-0.39, 0.29) is 5.75 Å². The molecule has 0 saturated heterocycles. The largest absolute Gasteiger partial charge is 0.504 e. The summed E-state index contributed by atoms with van der Waals surface area (Å²) in [6, 6.07) is 5.55. The Balaban J connectivity index is 1.50. The van der Waals surface area contributed by atoms with Crippen molar-refractivity contribution in [2.75, 3.05) is 7.11 Å². The summed E-state index contributed by atoms with van der Waals surface area (Å²) in [6.45, 7) is 0. The van der Waals surface area contributed by atoms with E-state index in [0.717, 1.165) is 17.4 Å². The second kappa shape index (κ2) is 6.52. The number of nitrogens with one attached hydrogen (secondary N) is 2. The highest BCUT2D eigenvalue weighted by Gasteiger charge is 2.39. The second-order valence-corrected chi connectivity index (χ2v) is 6.46. The van der Waals surface area contributed by atoms with E-state index in [2.05, 4.69) is 15.8 Å². The lowest BCUT2D eigenvalue weighted by Crippen LogP contribution is -2.42. The van der Waals surface area contributed by atoms with Gasteiger partial charge in [0.25, 0.3) is 0 Å². The fraction of sp³-hybridized carbons (Fsp3) is 0.500. The van der Waals surface area contributed by atoms with Crippen LogP contribution < -0.4 is 15.5 Å². The minimum Gasteiger partial charge on any atom is -0.504 e. The number of ether oxygens (including phenoxy) is 1. The predicted octanol–water partition coefficient (Wildman–Crippen LogP) is 2.39. The summed E-state index contributed by atoms with van der Waals surface area (Å²) in [5, 5.41) is 17.6. The molecule has 0 radical (unpaired) electrons. The zero-order valence-corrected chi connectivity index (χ0v) is 13.4. The molecule has 2 aliphatic carbocycles. The Kier molecular flexibility index (Phi) is 4.47. The quantitative estimate of drug-likeness (QED) is 0.452. The number of aromatic hydroxyl groups is 1. The van der Waals surface area contributed by atoms with Crippen molar-refractivity contribution in [1.82, 2.24) is 10.7 Å². The van der Waals surface area contributed by atoms with E-state index in [1.807, 2.05) is 0 Å². The Bertz CT molecular complexity index is 591. The van der Waals surface area contributed by atoms with Gasteiger partial charge in [-0.25, -0.2) is 0 Å². The molecule has 0 aliphatic heterocycles. The van der Waals surface area contributed by atoms with Gasteiger partial charge in [-0.2, -0.15) is 5.10 Å². The third-order valence-electron chi connectivity index (χ3n) is 4.64. The van der Waals surface area contributed by atoms with Gasteiger partial charge in [-0.1, -0.05) is 6.42 Å². The molecule has 0 heterocycles. The van der Waals surface area contributed by atoms with Crippen LogP contribution in [0.25, 0.3) is 0 Å². The first-order chi connectivity index (χ1) is 10.7. The standard InChI is InChI=1S/C16H21N3O2S/c1-21-15-8-11(3-5-14(15)20)9-17-19-16(22)18-13-7-10-2-4-12(13)6-10/h3,5,8-10,12-13,20H,2,4,6-7H2,1H3,(H2,18,19,22)/b17-9-/t10-,12-,13+/m0/s1. The summed E-state index contributed by atoms with van der Waals surface area (Å²) in [5.41, 5.74) is 3.68. The Labute approximate surface area is 135 Å². The molecule has 0 amide bonds. The Hall–Kier alpha value is -1.82. The number of phenolic OH excluding ortho intramolecular Hbond substituents is 1. The molecule has 2 aliphatic rings. The topological polar surface area (TPSA) is 65.9 Å². The van der Waals surface area contributed by atoms with Gasteiger partial charge >= 0.3 is 0 Å². The average molecular weight is 319 g/mol. The van der Waals surface area contributed by atoms with Crippen molar-refractivity contribution < 1.29 is 9.84 Å². The number of hydrazone groups is 1. The number of hydrogen-bond donors (Lipinski definition) is 3. The number of rotatable bonds is 4. The van der Waals surface area contributed by atoms with Gasteiger partial charge in [-0.3, -0.25) is 5.43 Å². The predicted molar refractivity (Wildman–Crippen MR) is 90.4 cm³/mol. The average Bonchev–Trinajstić information content (AvgIpc) is 3.11. The summed E-state index contributed by atoms with van der Waals surface area (Å²) >= 11 is 5.29. The minimum atomic E-state index is 0.112. The first-order valence-electron chi connectivity index (χ1n) is 7.62. The summed E-state index contributed by atoms with van der Waals surface area (Å²) in [5.74, 6) is 2.20. The van der Waals surface area contributed by atoms with Gasteiger partial charge in [0, 0.05) is 6.04 Å². The fourth-order valence-corrected chi connectivity index (χ4v) is 3.77. The number of benzene rings is 1. The van der Waals surface area contributed by atoms with E-state index in [9.17, 15) is 5.11 Å².